The maximum absolute atomic E-state index is 12.8. The average molecular weight is 426 g/mol. The van der Waals surface area contributed by atoms with Crippen molar-refractivity contribution >= 4 is 42.6 Å². The number of nitrogens with zero attached hydrogens (tertiary/aromatic N) is 2. The lowest BCUT2D eigenvalue weighted by molar-refractivity contribution is 0.0583. The quantitative estimate of drug-likeness (QED) is 0.796. The number of fused-ring (bicyclic) bond motifs is 1. The van der Waals surface area contributed by atoms with E-state index in [2.05, 4.69) is 25.8 Å². The van der Waals surface area contributed by atoms with Crippen molar-refractivity contribution in [2.75, 3.05) is 37.7 Å². The Labute approximate surface area is 155 Å². The maximum Gasteiger partial charge on any atom is 0.270 e. The van der Waals surface area contributed by atoms with E-state index in [-0.39, 0.29) is 17.7 Å². The zero-order valence-electron chi connectivity index (χ0n) is 13.7. The van der Waals surface area contributed by atoms with E-state index in [1.165, 1.54) is 0 Å². The number of aromatic amines is 1. The fourth-order valence-corrected chi connectivity index (χ4v) is 5.88. The summed E-state index contributed by atoms with van der Waals surface area (Å²) in [6, 6.07) is 7.89. The molecule has 0 spiro atoms. The fraction of sp³-hybridized carbons (Fsp3) is 0.471. The molecular formula is C17H20BrN3O3S. The maximum atomic E-state index is 12.8. The van der Waals surface area contributed by atoms with Gasteiger partial charge in [0.2, 0.25) is 0 Å². The lowest BCUT2D eigenvalue weighted by atomic mass is 10.2. The van der Waals surface area contributed by atoms with Crippen molar-refractivity contribution in [3.05, 3.63) is 34.4 Å². The number of hydrogen-bond acceptors (Lipinski definition) is 4. The summed E-state index contributed by atoms with van der Waals surface area (Å²) in [6.07, 6.45) is 0.715. The van der Waals surface area contributed by atoms with E-state index >= 15 is 0 Å². The van der Waals surface area contributed by atoms with Gasteiger partial charge in [-0.05, 0) is 30.7 Å². The van der Waals surface area contributed by atoms with Crippen LogP contribution in [0, 0.1) is 0 Å². The number of hydrogen-bond donors (Lipinski definition) is 1. The number of carbonyl (C=O) groups is 1. The third-order valence-corrected chi connectivity index (χ3v) is 7.38. The smallest absolute Gasteiger partial charge is 0.270 e. The molecule has 0 bridgehead atoms. The number of H-pyrrole nitrogens is 1. The van der Waals surface area contributed by atoms with E-state index in [0.717, 1.165) is 28.5 Å². The van der Waals surface area contributed by atoms with Crippen LogP contribution in [-0.4, -0.2) is 72.8 Å². The minimum Gasteiger partial charge on any atom is -0.351 e. The molecule has 6 nitrogen and oxygen atoms in total. The molecule has 1 N–H and O–H groups in total. The molecule has 2 saturated heterocycles. The van der Waals surface area contributed by atoms with E-state index in [1.807, 2.05) is 29.2 Å². The summed E-state index contributed by atoms with van der Waals surface area (Å²) in [7, 11) is -2.87. The van der Waals surface area contributed by atoms with Gasteiger partial charge in [-0.2, -0.15) is 0 Å². The second-order valence-corrected chi connectivity index (χ2v) is 9.94. The highest BCUT2D eigenvalue weighted by molar-refractivity contribution is 9.10. The van der Waals surface area contributed by atoms with Crippen LogP contribution < -0.4 is 0 Å². The summed E-state index contributed by atoms with van der Waals surface area (Å²) in [5, 5.41) is 1.01. The van der Waals surface area contributed by atoms with Gasteiger partial charge in [-0.25, -0.2) is 8.42 Å². The van der Waals surface area contributed by atoms with Gasteiger partial charge in [0.1, 0.15) is 5.69 Å². The summed E-state index contributed by atoms with van der Waals surface area (Å²) in [5.41, 5.74) is 1.55. The summed E-state index contributed by atoms with van der Waals surface area (Å²) < 4.78 is 24.3. The van der Waals surface area contributed by atoms with Gasteiger partial charge < -0.3 is 9.88 Å². The van der Waals surface area contributed by atoms with Crippen molar-refractivity contribution in [1.29, 1.82) is 0 Å². The summed E-state index contributed by atoms with van der Waals surface area (Å²) in [6.45, 7) is 2.73. The Balaban J connectivity index is 1.42. The Morgan fingerprint density at radius 2 is 1.92 bits per heavy atom. The number of halogens is 1. The number of rotatable bonds is 2. The highest BCUT2D eigenvalue weighted by Gasteiger charge is 2.34. The average Bonchev–Trinajstić information content (AvgIpc) is 3.17. The Morgan fingerprint density at radius 3 is 2.60 bits per heavy atom. The lowest BCUT2D eigenvalue weighted by Crippen LogP contribution is -2.52. The highest BCUT2D eigenvalue weighted by Crippen LogP contribution is 2.23. The van der Waals surface area contributed by atoms with E-state index in [9.17, 15) is 13.2 Å². The van der Waals surface area contributed by atoms with Crippen LogP contribution in [0.25, 0.3) is 10.9 Å². The lowest BCUT2D eigenvalue weighted by Gasteiger charge is -2.37. The zero-order chi connectivity index (χ0) is 17.6. The fourth-order valence-electron chi connectivity index (χ4n) is 3.74. The third kappa shape index (κ3) is 3.47. The van der Waals surface area contributed by atoms with E-state index in [1.54, 1.807) is 0 Å². The van der Waals surface area contributed by atoms with Crippen molar-refractivity contribution in [3.8, 4) is 0 Å². The number of amides is 1. The second kappa shape index (κ2) is 6.41. The van der Waals surface area contributed by atoms with Crippen molar-refractivity contribution in [3.63, 3.8) is 0 Å². The molecule has 2 aliphatic heterocycles. The molecular weight excluding hydrogens is 406 g/mol. The van der Waals surface area contributed by atoms with Gasteiger partial charge in [0.25, 0.3) is 5.91 Å². The van der Waals surface area contributed by atoms with Crippen LogP contribution in [0.3, 0.4) is 0 Å². The molecule has 1 unspecified atom stereocenters. The molecule has 0 aliphatic carbocycles. The molecule has 3 heterocycles. The Kier molecular flexibility index (Phi) is 4.37. The van der Waals surface area contributed by atoms with E-state index < -0.39 is 9.84 Å². The van der Waals surface area contributed by atoms with Crippen LogP contribution in [0.2, 0.25) is 0 Å². The van der Waals surface area contributed by atoms with Gasteiger partial charge in [-0.1, -0.05) is 15.9 Å². The summed E-state index contributed by atoms with van der Waals surface area (Å²) >= 11 is 3.44. The van der Waals surface area contributed by atoms with Gasteiger partial charge in [0, 0.05) is 47.6 Å². The number of aromatic nitrogens is 1. The number of piperazine rings is 1. The summed E-state index contributed by atoms with van der Waals surface area (Å²) in [4.78, 5) is 20.0. The van der Waals surface area contributed by atoms with Crippen LogP contribution in [0.1, 0.15) is 16.9 Å². The first-order valence-corrected chi connectivity index (χ1v) is 11.0. The molecule has 8 heteroatoms. The topological polar surface area (TPSA) is 73.5 Å². The van der Waals surface area contributed by atoms with Gasteiger partial charge in [0.15, 0.2) is 9.84 Å². The molecule has 4 rings (SSSR count). The molecule has 0 radical (unpaired) electrons. The minimum absolute atomic E-state index is 0.00557. The highest BCUT2D eigenvalue weighted by atomic mass is 79.9. The molecule has 1 aromatic carbocycles. The van der Waals surface area contributed by atoms with Crippen LogP contribution in [0.4, 0.5) is 0 Å². The van der Waals surface area contributed by atoms with Gasteiger partial charge >= 0.3 is 0 Å². The number of carbonyl (C=O) groups excluding carboxylic acids is 1. The van der Waals surface area contributed by atoms with Crippen molar-refractivity contribution in [2.24, 2.45) is 0 Å². The van der Waals surface area contributed by atoms with Crippen molar-refractivity contribution < 1.29 is 13.2 Å². The molecule has 2 fully saturated rings. The Morgan fingerprint density at radius 1 is 1.16 bits per heavy atom. The summed E-state index contributed by atoms with van der Waals surface area (Å²) in [5.74, 6) is 0.560. The number of nitrogens with one attached hydrogen (secondary N) is 1. The third-order valence-electron chi connectivity index (χ3n) is 5.14. The molecule has 2 aliphatic rings. The molecule has 0 saturated carbocycles. The molecule has 1 atom stereocenters. The minimum atomic E-state index is -2.87. The first-order valence-electron chi connectivity index (χ1n) is 8.43. The second-order valence-electron chi connectivity index (χ2n) is 6.80. The predicted molar refractivity (Wildman–Crippen MR) is 101 cm³/mol. The van der Waals surface area contributed by atoms with Crippen molar-refractivity contribution in [2.45, 2.75) is 12.5 Å². The standard InChI is InChI=1S/C17H20BrN3O3S/c18-13-1-2-15-12(9-13)10-16(19-15)17(22)21-6-4-20(5-7-21)14-3-8-25(23,24)11-14/h1-2,9-10,14,19H,3-8,11H2. The Hall–Kier alpha value is -1.38. The van der Waals surface area contributed by atoms with Crippen LogP contribution >= 0.6 is 15.9 Å². The molecule has 1 aromatic heterocycles. The largest absolute Gasteiger partial charge is 0.351 e. The van der Waals surface area contributed by atoms with Crippen LogP contribution in [-0.2, 0) is 9.84 Å². The monoisotopic (exact) mass is 425 g/mol. The first-order chi connectivity index (χ1) is 11.9. The molecule has 2 aromatic rings. The van der Waals surface area contributed by atoms with Crippen LogP contribution in [0.5, 0.6) is 0 Å². The van der Waals surface area contributed by atoms with Crippen LogP contribution in [0.15, 0.2) is 28.7 Å². The zero-order valence-corrected chi connectivity index (χ0v) is 16.1. The predicted octanol–water partition coefficient (Wildman–Crippen LogP) is 1.88. The van der Waals surface area contributed by atoms with Gasteiger partial charge in [-0.3, -0.25) is 9.69 Å². The first kappa shape index (κ1) is 17.1. The molecule has 1 amide bonds. The van der Waals surface area contributed by atoms with Crippen molar-refractivity contribution in [1.82, 2.24) is 14.8 Å². The molecule has 25 heavy (non-hydrogen) atoms. The SMILES string of the molecule is O=C(c1cc2cc(Br)ccc2[nH]1)N1CCN(C2CCS(=O)(=O)C2)CC1. The molecule has 134 valence electrons. The number of benzene rings is 1. The van der Waals surface area contributed by atoms with Gasteiger partial charge in [-0.15, -0.1) is 0 Å². The van der Waals surface area contributed by atoms with E-state index in [4.69, 9.17) is 0 Å². The van der Waals surface area contributed by atoms with Gasteiger partial charge in [0.05, 0.1) is 11.5 Å². The van der Waals surface area contributed by atoms with E-state index in [0.29, 0.717) is 31.0 Å². The normalized spacial score (nSPS) is 24.0. The Bertz CT molecular complexity index is 916. The number of sulfone groups is 1.